The Labute approximate surface area is 133 Å². The van der Waals surface area contributed by atoms with Crippen molar-refractivity contribution in [2.24, 2.45) is 0 Å². The highest BCUT2D eigenvalue weighted by molar-refractivity contribution is 6.30. The maximum Gasteiger partial charge on any atom is 0.138 e. The minimum absolute atomic E-state index is 0.258. The Morgan fingerprint density at radius 3 is 2.38 bits per heavy atom. The molecular weight excluding hydrogens is 284 g/mol. The summed E-state index contributed by atoms with van der Waals surface area (Å²) in [6.07, 6.45) is 3.13. The van der Waals surface area contributed by atoms with Crippen LogP contribution < -0.4 is 5.32 Å². The van der Waals surface area contributed by atoms with Crippen molar-refractivity contribution in [3.8, 4) is 0 Å². The summed E-state index contributed by atoms with van der Waals surface area (Å²) < 4.78 is 0. The van der Waals surface area contributed by atoms with Crippen LogP contribution in [0.4, 0.5) is 5.82 Å². The van der Waals surface area contributed by atoms with Crippen molar-refractivity contribution >= 4 is 17.4 Å². The molecule has 2 heterocycles. The first kappa shape index (κ1) is 16.5. The summed E-state index contributed by atoms with van der Waals surface area (Å²) in [5, 5.41) is 4.17. The minimum Gasteiger partial charge on any atom is -0.367 e. The van der Waals surface area contributed by atoms with E-state index in [-0.39, 0.29) is 5.54 Å². The molecule has 0 bridgehead atoms. The monoisotopic (exact) mass is 310 g/mol. The first-order valence-electron chi connectivity index (χ1n) is 7.86. The van der Waals surface area contributed by atoms with Crippen LogP contribution in [0.1, 0.15) is 51.9 Å². The lowest BCUT2D eigenvalue weighted by atomic mass is 9.98. The average molecular weight is 311 g/mol. The molecule has 1 aromatic heterocycles. The molecule has 0 spiro atoms. The summed E-state index contributed by atoms with van der Waals surface area (Å²) in [5.74, 6) is 1.65. The highest BCUT2D eigenvalue weighted by Gasteiger charge is 2.27. The van der Waals surface area contributed by atoms with E-state index in [4.69, 9.17) is 11.6 Å². The molecule has 0 aliphatic carbocycles. The van der Waals surface area contributed by atoms with Crippen molar-refractivity contribution in [1.82, 2.24) is 14.9 Å². The Bertz CT molecular complexity index is 488. The lowest BCUT2D eigenvalue weighted by Crippen LogP contribution is -2.48. The van der Waals surface area contributed by atoms with Gasteiger partial charge in [0.25, 0.3) is 0 Å². The van der Waals surface area contributed by atoms with E-state index in [1.807, 2.05) is 6.92 Å². The molecule has 4 nitrogen and oxygen atoms in total. The van der Waals surface area contributed by atoms with Crippen LogP contribution >= 0.6 is 11.6 Å². The average Bonchev–Trinajstić information content (AvgIpc) is 2.38. The van der Waals surface area contributed by atoms with Gasteiger partial charge in [-0.1, -0.05) is 18.5 Å². The Morgan fingerprint density at radius 1 is 1.24 bits per heavy atom. The van der Waals surface area contributed by atoms with Gasteiger partial charge in [-0.05, 0) is 47.0 Å². The topological polar surface area (TPSA) is 41.1 Å². The molecule has 0 aromatic carbocycles. The van der Waals surface area contributed by atoms with E-state index in [9.17, 15) is 0 Å². The second-order valence-corrected chi connectivity index (χ2v) is 7.18. The van der Waals surface area contributed by atoms with Crippen LogP contribution in [0.5, 0.6) is 0 Å². The van der Waals surface area contributed by atoms with E-state index in [1.54, 1.807) is 0 Å². The molecule has 1 aliphatic heterocycles. The van der Waals surface area contributed by atoms with E-state index in [0.717, 1.165) is 49.6 Å². The van der Waals surface area contributed by atoms with Crippen molar-refractivity contribution in [3.63, 3.8) is 0 Å². The predicted molar refractivity (Wildman–Crippen MR) is 89.1 cm³/mol. The number of aryl methyl sites for hydroxylation is 1. The van der Waals surface area contributed by atoms with E-state index in [2.05, 4.69) is 47.9 Å². The van der Waals surface area contributed by atoms with Gasteiger partial charge in [0, 0.05) is 30.2 Å². The number of halogens is 1. The minimum atomic E-state index is 0.258. The molecule has 118 valence electrons. The number of nitrogens with zero attached hydrogens (tertiary/aromatic N) is 3. The number of nitrogens with one attached hydrogen (secondary N) is 1. The Hall–Kier alpha value is -0.870. The summed E-state index contributed by atoms with van der Waals surface area (Å²) in [6, 6.07) is 0.472. The summed E-state index contributed by atoms with van der Waals surface area (Å²) in [4.78, 5) is 11.3. The molecule has 1 saturated heterocycles. The van der Waals surface area contributed by atoms with Crippen LogP contribution in [0.3, 0.4) is 0 Å². The fourth-order valence-corrected chi connectivity index (χ4v) is 3.23. The van der Waals surface area contributed by atoms with Gasteiger partial charge in [0.2, 0.25) is 0 Å². The van der Waals surface area contributed by atoms with Crippen LogP contribution in [-0.2, 0) is 6.42 Å². The quantitative estimate of drug-likeness (QED) is 0.865. The highest BCUT2D eigenvalue weighted by atomic mass is 35.5. The fourth-order valence-electron chi connectivity index (χ4n) is 2.88. The third-order valence-electron chi connectivity index (χ3n) is 4.21. The first-order valence-corrected chi connectivity index (χ1v) is 8.23. The number of hydrogen-bond acceptors (Lipinski definition) is 4. The van der Waals surface area contributed by atoms with Crippen LogP contribution in [0.25, 0.3) is 0 Å². The van der Waals surface area contributed by atoms with Gasteiger partial charge < -0.3 is 5.32 Å². The molecule has 2 rings (SSSR count). The summed E-state index contributed by atoms with van der Waals surface area (Å²) in [7, 11) is 0. The van der Waals surface area contributed by atoms with Crippen molar-refractivity contribution in [2.45, 2.75) is 65.5 Å². The van der Waals surface area contributed by atoms with Gasteiger partial charge in [-0.2, -0.15) is 0 Å². The van der Waals surface area contributed by atoms with Gasteiger partial charge in [0.15, 0.2) is 0 Å². The summed E-state index contributed by atoms with van der Waals surface area (Å²) >= 11 is 6.24. The highest BCUT2D eigenvalue weighted by Crippen LogP contribution is 2.26. The van der Waals surface area contributed by atoms with Crippen molar-refractivity contribution in [2.75, 3.05) is 18.4 Å². The number of hydrogen-bond donors (Lipinski definition) is 1. The molecule has 1 N–H and O–H groups in total. The number of piperidine rings is 1. The zero-order valence-corrected chi connectivity index (χ0v) is 14.6. The smallest absolute Gasteiger partial charge is 0.138 e. The predicted octanol–water partition coefficient (Wildman–Crippen LogP) is 3.68. The fraction of sp³-hybridized carbons (Fsp3) is 0.750. The van der Waals surface area contributed by atoms with Gasteiger partial charge in [0.05, 0.1) is 0 Å². The van der Waals surface area contributed by atoms with E-state index < -0.39 is 0 Å². The largest absolute Gasteiger partial charge is 0.367 e. The van der Waals surface area contributed by atoms with Crippen LogP contribution in [0.2, 0.25) is 5.15 Å². The Balaban J connectivity index is 2.04. The molecular formula is C16H27ClN4. The van der Waals surface area contributed by atoms with Crippen LogP contribution in [0.15, 0.2) is 0 Å². The molecule has 0 unspecified atom stereocenters. The molecule has 0 amide bonds. The van der Waals surface area contributed by atoms with Crippen molar-refractivity contribution in [1.29, 1.82) is 0 Å². The normalized spacial score (nSPS) is 18.0. The first-order chi connectivity index (χ1) is 9.81. The van der Waals surface area contributed by atoms with Gasteiger partial charge in [0.1, 0.15) is 16.8 Å². The molecule has 1 fully saturated rings. The maximum absolute atomic E-state index is 6.24. The van der Waals surface area contributed by atoms with Gasteiger partial charge in [-0.3, -0.25) is 4.90 Å². The number of likely N-dealkylation sites (tertiary alicyclic amines) is 1. The molecule has 5 heteroatoms. The van der Waals surface area contributed by atoms with Gasteiger partial charge in [-0.25, -0.2) is 9.97 Å². The standard InChI is InChI=1S/C16H27ClN4/c1-6-13-14(17)18-11(2)19-15(13)20-12-7-9-21(10-8-12)16(3,4)5/h12H,6-10H2,1-5H3,(H,18,19,20). The van der Waals surface area contributed by atoms with E-state index >= 15 is 0 Å². The zero-order valence-electron chi connectivity index (χ0n) is 13.8. The molecule has 1 aliphatic rings. The third kappa shape index (κ3) is 4.07. The van der Waals surface area contributed by atoms with Crippen LogP contribution in [0, 0.1) is 6.92 Å². The zero-order chi connectivity index (χ0) is 15.6. The third-order valence-corrected chi connectivity index (χ3v) is 4.52. The Kier molecular flexibility index (Phi) is 5.10. The van der Waals surface area contributed by atoms with Gasteiger partial charge in [-0.15, -0.1) is 0 Å². The van der Waals surface area contributed by atoms with Gasteiger partial charge >= 0.3 is 0 Å². The number of anilines is 1. The lowest BCUT2D eigenvalue weighted by molar-refractivity contribution is 0.106. The summed E-state index contributed by atoms with van der Waals surface area (Å²) in [6.45, 7) is 13.1. The maximum atomic E-state index is 6.24. The number of rotatable bonds is 3. The van der Waals surface area contributed by atoms with Crippen LogP contribution in [-0.4, -0.2) is 39.5 Å². The molecule has 0 saturated carbocycles. The summed E-state index contributed by atoms with van der Waals surface area (Å²) in [5.41, 5.74) is 1.29. The van der Waals surface area contributed by atoms with E-state index in [1.165, 1.54) is 0 Å². The second kappa shape index (κ2) is 6.49. The Morgan fingerprint density at radius 2 is 1.86 bits per heavy atom. The van der Waals surface area contributed by atoms with Crippen molar-refractivity contribution < 1.29 is 0 Å². The molecule has 0 radical (unpaired) electrons. The molecule has 21 heavy (non-hydrogen) atoms. The molecule has 0 atom stereocenters. The van der Waals surface area contributed by atoms with E-state index in [0.29, 0.717) is 11.2 Å². The molecule has 1 aromatic rings. The van der Waals surface area contributed by atoms with Crippen molar-refractivity contribution in [3.05, 3.63) is 16.5 Å². The second-order valence-electron chi connectivity index (χ2n) is 6.82. The number of aromatic nitrogens is 2. The SMILES string of the molecule is CCc1c(Cl)nc(C)nc1NC1CCN(C(C)(C)C)CC1. The lowest BCUT2D eigenvalue weighted by Gasteiger charge is -2.41.